The van der Waals surface area contributed by atoms with Gasteiger partial charge in [0.1, 0.15) is 5.82 Å². The zero-order chi connectivity index (χ0) is 25.8. The molecule has 0 bridgehead atoms. The number of ether oxygens (including phenoxy) is 1. The molecule has 0 saturated heterocycles. The molecule has 0 aliphatic carbocycles. The molecule has 0 amide bonds. The smallest absolute Gasteiger partial charge is 0.340 e. The summed E-state index contributed by atoms with van der Waals surface area (Å²) in [5, 5.41) is 3.91. The molecular formula is C24H29FN4O5S. The van der Waals surface area contributed by atoms with Crippen molar-refractivity contribution in [2.24, 2.45) is 5.92 Å². The van der Waals surface area contributed by atoms with Crippen LogP contribution in [0.4, 0.5) is 15.8 Å². The molecule has 0 spiro atoms. The fourth-order valence-corrected chi connectivity index (χ4v) is 4.20. The van der Waals surface area contributed by atoms with Crippen LogP contribution in [0.5, 0.6) is 0 Å². The van der Waals surface area contributed by atoms with Crippen molar-refractivity contribution < 1.29 is 26.9 Å². The monoisotopic (exact) mass is 504 g/mol. The number of halogens is 1. The first kappa shape index (κ1) is 26.1. The Labute approximate surface area is 204 Å². The van der Waals surface area contributed by atoms with E-state index in [9.17, 15) is 17.6 Å². The lowest BCUT2D eigenvalue weighted by Gasteiger charge is -2.28. The van der Waals surface area contributed by atoms with Crippen molar-refractivity contribution in [3.8, 4) is 22.8 Å². The van der Waals surface area contributed by atoms with Gasteiger partial charge in [0.25, 0.3) is 5.89 Å². The van der Waals surface area contributed by atoms with E-state index in [1.165, 1.54) is 19.2 Å². The van der Waals surface area contributed by atoms with Crippen LogP contribution in [0, 0.1) is 11.7 Å². The summed E-state index contributed by atoms with van der Waals surface area (Å²) < 4.78 is 51.0. The number of hydrogen-bond donors (Lipinski definition) is 1. The minimum absolute atomic E-state index is 0.115. The van der Waals surface area contributed by atoms with Crippen molar-refractivity contribution in [1.82, 2.24) is 10.1 Å². The minimum Gasteiger partial charge on any atom is -0.465 e. The second kappa shape index (κ2) is 10.9. The summed E-state index contributed by atoms with van der Waals surface area (Å²) in [6.07, 6.45) is 1.98. The molecule has 0 aliphatic rings. The number of aromatic nitrogens is 2. The summed E-state index contributed by atoms with van der Waals surface area (Å²) in [6.45, 7) is 7.77. The number of hydrogen-bond acceptors (Lipinski definition) is 8. The maximum absolute atomic E-state index is 14.3. The van der Waals surface area contributed by atoms with Gasteiger partial charge in [-0.25, -0.2) is 17.6 Å². The van der Waals surface area contributed by atoms with Crippen LogP contribution in [0.3, 0.4) is 0 Å². The number of benzene rings is 2. The Kier molecular flexibility index (Phi) is 8.11. The molecule has 2 aromatic carbocycles. The predicted molar refractivity (Wildman–Crippen MR) is 132 cm³/mol. The average molecular weight is 505 g/mol. The summed E-state index contributed by atoms with van der Waals surface area (Å²) >= 11 is 0. The van der Waals surface area contributed by atoms with Gasteiger partial charge in [0.2, 0.25) is 15.8 Å². The molecule has 0 fully saturated rings. The lowest BCUT2D eigenvalue weighted by molar-refractivity contribution is 0.0595. The molecule has 0 radical (unpaired) electrons. The van der Waals surface area contributed by atoms with E-state index in [2.05, 4.69) is 45.3 Å². The van der Waals surface area contributed by atoms with Crippen LogP contribution in [0.2, 0.25) is 0 Å². The summed E-state index contributed by atoms with van der Waals surface area (Å²) in [4.78, 5) is 18.1. The van der Waals surface area contributed by atoms with Crippen LogP contribution in [0.25, 0.3) is 22.8 Å². The number of anilines is 2. The van der Waals surface area contributed by atoms with Gasteiger partial charge in [-0.15, -0.1) is 0 Å². The van der Waals surface area contributed by atoms with Gasteiger partial charge in [-0.05, 0) is 48.7 Å². The maximum Gasteiger partial charge on any atom is 0.340 e. The SMILES string of the molecule is CCCN(CC(C)C)c1ccc(-c2nc(-c3ccc(C(=O)OC)c(F)c3)no2)cc1NS(C)(=O)=O. The van der Waals surface area contributed by atoms with Crippen molar-refractivity contribution in [3.63, 3.8) is 0 Å². The van der Waals surface area contributed by atoms with Crippen molar-refractivity contribution in [1.29, 1.82) is 0 Å². The Morgan fingerprint density at radius 1 is 1.20 bits per heavy atom. The highest BCUT2D eigenvalue weighted by molar-refractivity contribution is 7.92. The number of carbonyl (C=O) groups excluding carboxylic acids is 1. The summed E-state index contributed by atoms with van der Waals surface area (Å²) in [7, 11) is -2.38. The van der Waals surface area contributed by atoms with Gasteiger partial charge in [-0.1, -0.05) is 25.9 Å². The molecule has 3 rings (SSSR count). The van der Waals surface area contributed by atoms with Crippen molar-refractivity contribution in [2.75, 3.05) is 36.1 Å². The Morgan fingerprint density at radius 2 is 1.91 bits per heavy atom. The molecule has 188 valence electrons. The second-order valence-electron chi connectivity index (χ2n) is 8.56. The normalized spacial score (nSPS) is 11.5. The van der Waals surface area contributed by atoms with Gasteiger partial charge in [-0.3, -0.25) is 4.72 Å². The molecule has 3 aromatic rings. The maximum atomic E-state index is 14.3. The molecule has 9 nitrogen and oxygen atoms in total. The molecule has 0 aliphatic heterocycles. The van der Waals surface area contributed by atoms with E-state index in [0.717, 1.165) is 37.5 Å². The first-order valence-electron chi connectivity index (χ1n) is 11.1. The van der Waals surface area contributed by atoms with Gasteiger partial charge in [0.15, 0.2) is 0 Å². The summed E-state index contributed by atoms with van der Waals surface area (Å²) in [5.41, 5.74) is 1.74. The third kappa shape index (κ3) is 6.56. The highest BCUT2D eigenvalue weighted by Crippen LogP contribution is 2.33. The van der Waals surface area contributed by atoms with Crippen molar-refractivity contribution >= 4 is 27.4 Å². The van der Waals surface area contributed by atoms with E-state index in [1.54, 1.807) is 12.1 Å². The zero-order valence-corrected chi connectivity index (χ0v) is 21.1. The number of carbonyl (C=O) groups is 1. The number of sulfonamides is 1. The van der Waals surface area contributed by atoms with E-state index in [0.29, 0.717) is 22.7 Å². The average Bonchev–Trinajstić information content (AvgIpc) is 3.27. The molecule has 0 atom stereocenters. The molecule has 11 heteroatoms. The minimum atomic E-state index is -3.55. The van der Waals surface area contributed by atoms with Crippen LogP contribution in [-0.2, 0) is 14.8 Å². The van der Waals surface area contributed by atoms with Crippen LogP contribution in [0.15, 0.2) is 40.9 Å². The molecule has 35 heavy (non-hydrogen) atoms. The van der Waals surface area contributed by atoms with Gasteiger partial charge in [0, 0.05) is 24.2 Å². The lowest BCUT2D eigenvalue weighted by atomic mass is 10.1. The Bertz CT molecular complexity index is 1310. The zero-order valence-electron chi connectivity index (χ0n) is 20.3. The molecular weight excluding hydrogens is 475 g/mol. The Balaban J connectivity index is 1.99. The molecule has 1 heterocycles. The van der Waals surface area contributed by atoms with Gasteiger partial charge in [-0.2, -0.15) is 4.98 Å². The van der Waals surface area contributed by atoms with E-state index < -0.39 is 21.8 Å². The highest BCUT2D eigenvalue weighted by atomic mass is 32.2. The lowest BCUT2D eigenvalue weighted by Crippen LogP contribution is -2.29. The van der Waals surface area contributed by atoms with E-state index in [4.69, 9.17) is 4.52 Å². The van der Waals surface area contributed by atoms with Gasteiger partial charge in [0.05, 0.1) is 30.3 Å². The third-order valence-electron chi connectivity index (χ3n) is 5.02. The molecule has 1 aromatic heterocycles. The summed E-state index contributed by atoms with van der Waals surface area (Å²) in [6, 6.07) is 9.11. The first-order chi connectivity index (χ1) is 16.5. The van der Waals surface area contributed by atoms with Crippen molar-refractivity contribution in [3.05, 3.63) is 47.8 Å². The standard InChI is InChI=1S/C24H29FN4O5S/c1-6-11-29(14-15(2)3)21-10-8-17(13-20(21)28-35(5,31)32)23-26-22(27-34-23)16-7-9-18(19(25)12-16)24(30)33-4/h7-10,12-13,15,28H,6,11,14H2,1-5H3. The van der Waals surface area contributed by atoms with Crippen LogP contribution in [0.1, 0.15) is 37.6 Å². The summed E-state index contributed by atoms with van der Waals surface area (Å²) in [5.74, 6) is -0.943. The number of esters is 1. The second-order valence-corrected chi connectivity index (χ2v) is 10.3. The fourth-order valence-electron chi connectivity index (χ4n) is 3.63. The van der Waals surface area contributed by atoms with Gasteiger partial charge < -0.3 is 14.2 Å². The topological polar surface area (TPSA) is 115 Å². The Morgan fingerprint density at radius 3 is 2.51 bits per heavy atom. The fraction of sp³-hybridized carbons (Fsp3) is 0.375. The van der Waals surface area contributed by atoms with Crippen LogP contribution >= 0.6 is 0 Å². The van der Waals surface area contributed by atoms with E-state index in [1.807, 2.05) is 6.07 Å². The van der Waals surface area contributed by atoms with E-state index in [-0.39, 0.29) is 17.3 Å². The van der Waals surface area contributed by atoms with Crippen LogP contribution < -0.4 is 9.62 Å². The quantitative estimate of drug-likeness (QED) is 0.399. The number of nitrogens with one attached hydrogen (secondary N) is 1. The number of rotatable bonds is 10. The Hall–Kier alpha value is -3.47. The largest absolute Gasteiger partial charge is 0.465 e. The molecule has 0 unspecified atom stereocenters. The predicted octanol–water partition coefficient (Wildman–Crippen LogP) is 4.57. The van der Waals surface area contributed by atoms with Crippen LogP contribution in [-0.4, -0.2) is 51.0 Å². The third-order valence-corrected chi connectivity index (χ3v) is 5.61. The number of methoxy groups -OCH3 is 1. The first-order valence-corrected chi connectivity index (χ1v) is 13.0. The molecule has 1 N–H and O–H groups in total. The van der Waals surface area contributed by atoms with E-state index >= 15 is 0 Å². The highest BCUT2D eigenvalue weighted by Gasteiger charge is 2.19. The van der Waals surface area contributed by atoms with Gasteiger partial charge >= 0.3 is 5.97 Å². The number of nitrogens with zero attached hydrogens (tertiary/aromatic N) is 3. The molecule has 0 saturated carbocycles. The van der Waals surface area contributed by atoms with Crippen molar-refractivity contribution in [2.45, 2.75) is 27.2 Å².